The quantitative estimate of drug-likeness (QED) is 0.850. The fraction of sp³-hybridized carbons (Fsp3) is 0.562. The minimum Gasteiger partial charge on any atom is -0.308 e. The molecule has 5 nitrogen and oxygen atoms in total. The molecule has 2 aromatic heterocycles. The summed E-state index contributed by atoms with van der Waals surface area (Å²) in [6, 6.07) is 2.34. The van der Waals surface area contributed by atoms with Gasteiger partial charge < -0.3 is 5.32 Å². The number of hydrogen-bond acceptors (Lipinski definition) is 4. The minimum atomic E-state index is 0.180. The molecule has 2 heterocycles. The highest BCUT2D eigenvalue weighted by Gasteiger charge is 2.16. The number of hydrogen-bond donors (Lipinski definition) is 1. The molecule has 21 heavy (non-hydrogen) atoms. The second-order valence-electron chi connectivity index (χ2n) is 5.39. The van der Waals surface area contributed by atoms with Crippen molar-refractivity contribution in [2.75, 3.05) is 6.54 Å². The molecule has 2 aromatic rings. The Morgan fingerprint density at radius 1 is 1.14 bits per heavy atom. The lowest BCUT2D eigenvalue weighted by Gasteiger charge is -2.18. The summed E-state index contributed by atoms with van der Waals surface area (Å²) in [5.74, 6) is 0. The fourth-order valence-electron chi connectivity index (χ4n) is 2.43. The second-order valence-corrected chi connectivity index (χ2v) is 5.39. The molecule has 1 unspecified atom stereocenters. The molecule has 0 saturated heterocycles. The Morgan fingerprint density at radius 2 is 1.95 bits per heavy atom. The van der Waals surface area contributed by atoms with Crippen molar-refractivity contribution in [2.45, 2.75) is 53.1 Å². The van der Waals surface area contributed by atoms with Gasteiger partial charge in [0.25, 0.3) is 0 Å². The van der Waals surface area contributed by atoms with Crippen LogP contribution in [0.3, 0.4) is 0 Å². The van der Waals surface area contributed by atoms with Gasteiger partial charge >= 0.3 is 0 Å². The van der Waals surface area contributed by atoms with Crippen molar-refractivity contribution in [3.8, 4) is 0 Å². The summed E-state index contributed by atoms with van der Waals surface area (Å²) in [5, 5.41) is 8.09. The van der Waals surface area contributed by atoms with Crippen LogP contribution in [0.5, 0.6) is 0 Å². The van der Waals surface area contributed by atoms with E-state index in [2.05, 4.69) is 45.0 Å². The molecule has 0 bridgehead atoms. The molecule has 1 atom stereocenters. The summed E-state index contributed by atoms with van der Waals surface area (Å²) >= 11 is 0. The zero-order valence-electron chi connectivity index (χ0n) is 13.4. The average Bonchev–Trinajstić information content (AvgIpc) is 2.84. The normalized spacial score (nSPS) is 12.6. The third-order valence-electron chi connectivity index (χ3n) is 3.50. The van der Waals surface area contributed by atoms with Crippen LogP contribution in [-0.2, 0) is 13.0 Å². The zero-order chi connectivity index (χ0) is 15.2. The molecule has 0 aliphatic heterocycles. The molecule has 0 aliphatic carbocycles. The van der Waals surface area contributed by atoms with E-state index in [4.69, 9.17) is 0 Å². The van der Waals surface area contributed by atoms with E-state index in [1.54, 1.807) is 0 Å². The lowest BCUT2D eigenvalue weighted by atomic mass is 10.1. The number of aromatic nitrogens is 4. The molecule has 2 rings (SSSR count). The second kappa shape index (κ2) is 7.31. The average molecular weight is 287 g/mol. The van der Waals surface area contributed by atoms with Gasteiger partial charge in [-0.2, -0.15) is 5.10 Å². The smallest absolute Gasteiger partial charge is 0.0760 e. The Balaban J connectivity index is 2.21. The van der Waals surface area contributed by atoms with Crippen LogP contribution in [0.4, 0.5) is 0 Å². The van der Waals surface area contributed by atoms with Crippen LogP contribution in [0, 0.1) is 13.8 Å². The molecule has 0 aliphatic rings. The summed E-state index contributed by atoms with van der Waals surface area (Å²) in [4.78, 5) is 8.91. The first kappa shape index (κ1) is 15.6. The predicted octanol–water partition coefficient (Wildman–Crippen LogP) is 2.59. The van der Waals surface area contributed by atoms with Gasteiger partial charge in [-0.1, -0.05) is 6.92 Å². The van der Waals surface area contributed by atoms with E-state index >= 15 is 0 Å². The zero-order valence-corrected chi connectivity index (χ0v) is 13.4. The van der Waals surface area contributed by atoms with Crippen LogP contribution >= 0.6 is 0 Å². The molecule has 0 saturated carbocycles. The van der Waals surface area contributed by atoms with Crippen molar-refractivity contribution >= 4 is 0 Å². The van der Waals surface area contributed by atoms with Gasteiger partial charge in [0.2, 0.25) is 0 Å². The van der Waals surface area contributed by atoms with Crippen molar-refractivity contribution in [3.63, 3.8) is 0 Å². The van der Waals surface area contributed by atoms with Crippen molar-refractivity contribution in [2.24, 2.45) is 0 Å². The van der Waals surface area contributed by atoms with Gasteiger partial charge in [-0.15, -0.1) is 0 Å². The minimum absolute atomic E-state index is 0.180. The van der Waals surface area contributed by atoms with Crippen LogP contribution in [-0.4, -0.2) is 26.3 Å². The predicted molar refractivity (Wildman–Crippen MR) is 84.1 cm³/mol. The van der Waals surface area contributed by atoms with Crippen LogP contribution in [0.15, 0.2) is 18.5 Å². The van der Waals surface area contributed by atoms with E-state index < -0.39 is 0 Å². The van der Waals surface area contributed by atoms with Gasteiger partial charge in [0, 0.05) is 24.9 Å². The van der Waals surface area contributed by atoms with E-state index in [1.807, 2.05) is 26.2 Å². The Labute approximate surface area is 126 Å². The molecule has 1 N–H and O–H groups in total. The van der Waals surface area contributed by atoms with Crippen LogP contribution in [0.1, 0.15) is 49.1 Å². The number of aryl methyl sites for hydroxylation is 3. The van der Waals surface area contributed by atoms with Crippen molar-refractivity contribution in [1.82, 2.24) is 25.1 Å². The van der Waals surface area contributed by atoms with Crippen molar-refractivity contribution < 1.29 is 0 Å². The molecule has 0 radical (unpaired) electrons. The first-order valence-corrected chi connectivity index (χ1v) is 7.69. The Kier molecular flexibility index (Phi) is 5.44. The topological polar surface area (TPSA) is 55.6 Å². The third-order valence-corrected chi connectivity index (χ3v) is 3.50. The maximum atomic E-state index is 4.54. The highest BCUT2D eigenvalue weighted by atomic mass is 15.3. The molecule has 5 heteroatoms. The van der Waals surface area contributed by atoms with Crippen LogP contribution in [0.2, 0.25) is 0 Å². The van der Waals surface area contributed by atoms with E-state index in [0.29, 0.717) is 0 Å². The summed E-state index contributed by atoms with van der Waals surface area (Å²) in [6.45, 7) is 10.2. The molecule has 0 fully saturated rings. The van der Waals surface area contributed by atoms with E-state index in [-0.39, 0.29) is 6.04 Å². The van der Waals surface area contributed by atoms with E-state index in [1.165, 1.54) is 5.69 Å². The highest BCUT2D eigenvalue weighted by Crippen LogP contribution is 2.17. The molecule has 0 aromatic carbocycles. The van der Waals surface area contributed by atoms with Gasteiger partial charge in [-0.3, -0.25) is 14.6 Å². The van der Waals surface area contributed by atoms with Crippen LogP contribution < -0.4 is 5.32 Å². The summed E-state index contributed by atoms with van der Waals surface area (Å²) < 4.78 is 2.07. The van der Waals surface area contributed by atoms with Gasteiger partial charge in [0.1, 0.15) is 0 Å². The summed E-state index contributed by atoms with van der Waals surface area (Å²) in [6.07, 6.45) is 5.69. The molecule has 114 valence electrons. The lowest BCUT2D eigenvalue weighted by molar-refractivity contribution is 0.492. The Bertz CT molecular complexity index is 559. The fourth-order valence-corrected chi connectivity index (χ4v) is 2.43. The van der Waals surface area contributed by atoms with Gasteiger partial charge in [0.05, 0.1) is 29.3 Å². The van der Waals surface area contributed by atoms with Gasteiger partial charge in [0.15, 0.2) is 0 Å². The monoisotopic (exact) mass is 287 g/mol. The first-order valence-electron chi connectivity index (χ1n) is 7.69. The SMILES string of the molecule is CCCNC(Cc1cc(C)nn1CC)c1cnc(C)cn1. The number of rotatable bonds is 7. The largest absolute Gasteiger partial charge is 0.308 e. The molecular weight excluding hydrogens is 262 g/mol. The number of nitrogens with zero attached hydrogens (tertiary/aromatic N) is 4. The maximum absolute atomic E-state index is 4.54. The molecule has 0 spiro atoms. The number of nitrogens with one attached hydrogen (secondary N) is 1. The Hall–Kier alpha value is -1.75. The van der Waals surface area contributed by atoms with Gasteiger partial charge in [-0.05, 0) is 39.8 Å². The van der Waals surface area contributed by atoms with Crippen LogP contribution in [0.25, 0.3) is 0 Å². The molecule has 0 amide bonds. The van der Waals surface area contributed by atoms with Gasteiger partial charge in [-0.25, -0.2) is 0 Å². The standard InChI is InChI=1S/C16H25N5/c1-5-7-17-15(16-11-18-13(4)10-19-16)9-14-8-12(3)20-21(14)6-2/h8,10-11,15,17H,5-7,9H2,1-4H3. The third kappa shape index (κ3) is 4.11. The van der Waals surface area contributed by atoms with Crippen molar-refractivity contribution in [1.29, 1.82) is 0 Å². The van der Waals surface area contributed by atoms with E-state index in [0.717, 1.165) is 43.0 Å². The van der Waals surface area contributed by atoms with Crippen molar-refractivity contribution in [3.05, 3.63) is 41.2 Å². The maximum Gasteiger partial charge on any atom is 0.0760 e. The highest BCUT2D eigenvalue weighted by molar-refractivity contribution is 5.15. The molecular formula is C16H25N5. The summed E-state index contributed by atoms with van der Waals surface area (Å²) in [5.41, 5.74) is 4.25. The Morgan fingerprint density at radius 3 is 2.57 bits per heavy atom. The van der Waals surface area contributed by atoms with E-state index in [9.17, 15) is 0 Å². The lowest BCUT2D eigenvalue weighted by Crippen LogP contribution is -2.26. The first-order chi connectivity index (χ1) is 10.1. The summed E-state index contributed by atoms with van der Waals surface area (Å²) in [7, 11) is 0.